The number of epoxide rings is 1. The lowest BCUT2D eigenvalue weighted by atomic mass is 10.1. The molecule has 0 spiro atoms. The third kappa shape index (κ3) is 7.71. The molecule has 104 valence electrons. The highest BCUT2D eigenvalue weighted by Gasteiger charge is 2.36. The Morgan fingerprint density at radius 3 is 2.56 bits per heavy atom. The third-order valence-electron chi connectivity index (χ3n) is 3.59. The molecule has 1 saturated heterocycles. The Kier molecular flexibility index (Phi) is 8.93. The van der Waals surface area contributed by atoms with Gasteiger partial charge in [0, 0.05) is 0 Å². The van der Waals surface area contributed by atoms with Gasteiger partial charge in [-0.25, -0.2) is 0 Å². The first-order chi connectivity index (χ1) is 8.88. The molecule has 0 aromatic carbocycles. The number of hydrogen-bond donors (Lipinski definition) is 0. The fourth-order valence-corrected chi connectivity index (χ4v) is 2.31. The first kappa shape index (κ1) is 15.5. The number of hydrogen-bond acceptors (Lipinski definition) is 1. The van der Waals surface area contributed by atoms with Crippen LogP contribution in [0.25, 0.3) is 0 Å². The van der Waals surface area contributed by atoms with Crippen LogP contribution in [0.3, 0.4) is 0 Å². The minimum absolute atomic E-state index is 0.534. The normalized spacial score (nSPS) is 22.5. The summed E-state index contributed by atoms with van der Waals surface area (Å²) in [6, 6.07) is 0. The molecule has 1 aliphatic heterocycles. The summed E-state index contributed by atoms with van der Waals surface area (Å²) in [5.41, 5.74) is 0. The highest BCUT2D eigenvalue weighted by molar-refractivity contribution is 4.93. The van der Waals surface area contributed by atoms with Crippen molar-refractivity contribution >= 4 is 0 Å². The average Bonchev–Trinajstić information content (AvgIpc) is 3.12. The second kappa shape index (κ2) is 10.4. The van der Waals surface area contributed by atoms with Crippen molar-refractivity contribution in [3.63, 3.8) is 0 Å². The summed E-state index contributed by atoms with van der Waals surface area (Å²) < 4.78 is 5.68. The lowest BCUT2D eigenvalue weighted by molar-refractivity contribution is 0.358. The topological polar surface area (TPSA) is 12.5 Å². The van der Waals surface area contributed by atoms with E-state index in [9.17, 15) is 0 Å². The van der Waals surface area contributed by atoms with Crippen LogP contribution < -0.4 is 0 Å². The van der Waals surface area contributed by atoms with E-state index in [-0.39, 0.29) is 0 Å². The van der Waals surface area contributed by atoms with Crippen molar-refractivity contribution in [2.24, 2.45) is 0 Å². The Labute approximate surface area is 113 Å². The van der Waals surface area contributed by atoms with Gasteiger partial charge in [-0.05, 0) is 38.5 Å². The summed E-state index contributed by atoms with van der Waals surface area (Å²) in [5.74, 6) is 0. The summed E-state index contributed by atoms with van der Waals surface area (Å²) in [7, 11) is 0. The van der Waals surface area contributed by atoms with Gasteiger partial charge in [0.1, 0.15) is 0 Å². The summed E-state index contributed by atoms with van der Waals surface area (Å²) in [6.07, 6.45) is 20.5. The van der Waals surface area contributed by atoms with Crippen molar-refractivity contribution in [2.75, 3.05) is 0 Å². The molecule has 0 radical (unpaired) electrons. The van der Waals surface area contributed by atoms with E-state index in [1.165, 1.54) is 51.4 Å². The minimum Gasteiger partial charge on any atom is -0.369 e. The number of rotatable bonds is 12. The fraction of sp³-hybridized carbons (Fsp3) is 0.765. The van der Waals surface area contributed by atoms with E-state index in [0.29, 0.717) is 12.2 Å². The lowest BCUT2D eigenvalue weighted by Crippen LogP contribution is -1.92. The van der Waals surface area contributed by atoms with Crippen LogP contribution >= 0.6 is 0 Å². The van der Waals surface area contributed by atoms with Crippen LogP contribution in [0, 0.1) is 0 Å². The molecule has 0 amide bonds. The number of unbranched alkanes of at least 4 members (excludes halogenated alkanes) is 6. The van der Waals surface area contributed by atoms with Crippen molar-refractivity contribution in [1.82, 2.24) is 0 Å². The van der Waals surface area contributed by atoms with Gasteiger partial charge in [-0.3, -0.25) is 0 Å². The van der Waals surface area contributed by atoms with Crippen LogP contribution in [0.2, 0.25) is 0 Å². The van der Waals surface area contributed by atoms with Gasteiger partial charge in [0.25, 0.3) is 0 Å². The van der Waals surface area contributed by atoms with Gasteiger partial charge < -0.3 is 4.74 Å². The SMILES string of the molecule is C=CCCCCC[C@@H]1O[C@@H]1CC=CCCCCC. The van der Waals surface area contributed by atoms with Crippen LogP contribution in [0.4, 0.5) is 0 Å². The molecule has 1 rings (SSSR count). The number of allylic oxidation sites excluding steroid dienone is 2. The van der Waals surface area contributed by atoms with E-state index in [1.807, 2.05) is 6.08 Å². The summed E-state index contributed by atoms with van der Waals surface area (Å²) in [4.78, 5) is 0. The van der Waals surface area contributed by atoms with E-state index in [1.54, 1.807) is 0 Å². The molecule has 0 aliphatic carbocycles. The highest BCUT2D eigenvalue weighted by atomic mass is 16.6. The van der Waals surface area contributed by atoms with Crippen LogP contribution in [0.1, 0.15) is 71.1 Å². The predicted octanol–water partition coefficient (Wildman–Crippen LogP) is 5.42. The van der Waals surface area contributed by atoms with E-state index >= 15 is 0 Å². The van der Waals surface area contributed by atoms with Gasteiger partial charge in [-0.2, -0.15) is 0 Å². The maximum Gasteiger partial charge on any atom is 0.0876 e. The molecule has 1 heteroatoms. The molecule has 1 aliphatic rings. The predicted molar refractivity (Wildman–Crippen MR) is 79.8 cm³/mol. The lowest BCUT2D eigenvalue weighted by Gasteiger charge is -1.96. The maximum absolute atomic E-state index is 5.68. The van der Waals surface area contributed by atoms with Gasteiger partial charge >= 0.3 is 0 Å². The van der Waals surface area contributed by atoms with E-state index < -0.39 is 0 Å². The van der Waals surface area contributed by atoms with Crippen molar-refractivity contribution in [3.8, 4) is 0 Å². The van der Waals surface area contributed by atoms with Crippen molar-refractivity contribution in [1.29, 1.82) is 0 Å². The zero-order chi connectivity index (χ0) is 13.1. The molecule has 1 heterocycles. The first-order valence-electron chi connectivity index (χ1n) is 7.79. The summed E-state index contributed by atoms with van der Waals surface area (Å²) >= 11 is 0. The van der Waals surface area contributed by atoms with Gasteiger partial charge in [-0.15, -0.1) is 6.58 Å². The zero-order valence-electron chi connectivity index (χ0n) is 12.1. The molecule has 1 nitrogen and oxygen atoms in total. The van der Waals surface area contributed by atoms with Crippen molar-refractivity contribution in [3.05, 3.63) is 24.8 Å². The summed E-state index contributed by atoms with van der Waals surface area (Å²) in [5, 5.41) is 0. The minimum atomic E-state index is 0.534. The second-order valence-corrected chi connectivity index (χ2v) is 5.34. The van der Waals surface area contributed by atoms with Gasteiger partial charge in [0.05, 0.1) is 12.2 Å². The standard InChI is InChI=1S/C17H30O/c1-3-5-7-9-11-13-15-17-16(18-17)14-12-10-8-6-4-2/h4,11,13,16-17H,2-3,5-10,12,14-15H2,1H3/t16-,17+/m0/s1. The molecule has 2 atom stereocenters. The number of ether oxygens (including phenoxy) is 1. The van der Waals surface area contributed by atoms with Crippen LogP contribution in [0.15, 0.2) is 24.8 Å². The molecule has 0 aromatic rings. The van der Waals surface area contributed by atoms with Crippen LogP contribution in [-0.2, 0) is 4.74 Å². The maximum atomic E-state index is 5.68. The highest BCUT2D eigenvalue weighted by Crippen LogP contribution is 2.30. The molecular weight excluding hydrogens is 220 g/mol. The molecule has 1 fully saturated rings. The Balaban J connectivity index is 1.86. The molecular formula is C17H30O. The largest absolute Gasteiger partial charge is 0.369 e. The fourth-order valence-electron chi connectivity index (χ4n) is 2.31. The van der Waals surface area contributed by atoms with Gasteiger partial charge in [0.15, 0.2) is 0 Å². The molecule has 18 heavy (non-hydrogen) atoms. The van der Waals surface area contributed by atoms with Crippen LogP contribution in [0.5, 0.6) is 0 Å². The average molecular weight is 250 g/mol. The molecule has 0 unspecified atom stereocenters. The van der Waals surface area contributed by atoms with Crippen molar-refractivity contribution in [2.45, 2.75) is 83.3 Å². The van der Waals surface area contributed by atoms with Crippen LogP contribution in [-0.4, -0.2) is 12.2 Å². The Morgan fingerprint density at radius 1 is 0.944 bits per heavy atom. The van der Waals surface area contributed by atoms with E-state index in [2.05, 4.69) is 25.7 Å². The molecule has 0 N–H and O–H groups in total. The first-order valence-corrected chi connectivity index (χ1v) is 7.79. The quantitative estimate of drug-likeness (QED) is 0.256. The van der Waals surface area contributed by atoms with E-state index in [4.69, 9.17) is 4.74 Å². The Morgan fingerprint density at radius 2 is 1.78 bits per heavy atom. The molecule has 0 aromatic heterocycles. The smallest absolute Gasteiger partial charge is 0.0876 e. The Hall–Kier alpha value is -0.560. The molecule has 0 bridgehead atoms. The van der Waals surface area contributed by atoms with Gasteiger partial charge in [0.2, 0.25) is 0 Å². The molecule has 0 saturated carbocycles. The second-order valence-electron chi connectivity index (χ2n) is 5.34. The zero-order valence-corrected chi connectivity index (χ0v) is 12.1. The summed E-state index contributed by atoms with van der Waals surface area (Å²) in [6.45, 7) is 6.00. The monoisotopic (exact) mass is 250 g/mol. The van der Waals surface area contributed by atoms with Crippen molar-refractivity contribution < 1.29 is 4.74 Å². The van der Waals surface area contributed by atoms with Gasteiger partial charge in [-0.1, -0.05) is 50.8 Å². The van der Waals surface area contributed by atoms with E-state index in [0.717, 1.165) is 12.8 Å². The third-order valence-corrected chi connectivity index (χ3v) is 3.59. The Bertz CT molecular complexity index is 232.